The third-order valence-corrected chi connectivity index (χ3v) is 9.61. The maximum absolute atomic E-state index is 4.37. The number of unbranched alkanes of at least 4 members (excludes halogenated alkanes) is 1. The third-order valence-electron chi connectivity index (χ3n) is 9.61. The standard InChI is InChI=1S/C23H40.C7H17N/c1-15(2)18-9-7-17(5)8-10-20-19(18)13-14-23(6)21(16(3)4)11-12-22(20)23;1-3-5-7-8-6-4-2/h15,17-22H,3,7-14H2,1-2,4-6H3;8H,3-7H2,1-2H3. The summed E-state index contributed by atoms with van der Waals surface area (Å²) in [6, 6.07) is 0. The van der Waals surface area contributed by atoms with Crippen LogP contribution in [0.2, 0.25) is 0 Å². The van der Waals surface area contributed by atoms with Crippen LogP contribution in [0.15, 0.2) is 12.2 Å². The summed E-state index contributed by atoms with van der Waals surface area (Å²) in [6.45, 7) is 23.6. The highest BCUT2D eigenvalue weighted by Crippen LogP contribution is 2.63. The van der Waals surface area contributed by atoms with Gasteiger partial charge in [0.05, 0.1) is 0 Å². The molecule has 31 heavy (non-hydrogen) atoms. The fraction of sp³-hybridized carbons (Fsp3) is 0.933. The van der Waals surface area contributed by atoms with Gasteiger partial charge in [-0.2, -0.15) is 0 Å². The lowest BCUT2D eigenvalue weighted by Gasteiger charge is -2.53. The molecule has 3 fully saturated rings. The average Bonchev–Trinajstić information content (AvgIpc) is 3.06. The lowest BCUT2D eigenvalue weighted by atomic mass is 9.52. The van der Waals surface area contributed by atoms with E-state index in [-0.39, 0.29) is 0 Å². The molecule has 7 atom stereocenters. The summed E-state index contributed by atoms with van der Waals surface area (Å²) in [7, 11) is 0. The van der Waals surface area contributed by atoms with Crippen molar-refractivity contribution in [3.63, 3.8) is 0 Å². The summed E-state index contributed by atoms with van der Waals surface area (Å²) >= 11 is 0. The first-order valence-electron chi connectivity index (χ1n) is 14.1. The van der Waals surface area contributed by atoms with Gasteiger partial charge in [-0.05, 0) is 118 Å². The zero-order chi connectivity index (χ0) is 23.0. The van der Waals surface area contributed by atoms with E-state index in [4.69, 9.17) is 0 Å². The van der Waals surface area contributed by atoms with Crippen LogP contribution in [0, 0.1) is 46.8 Å². The molecule has 0 aliphatic heterocycles. The molecule has 0 saturated heterocycles. The summed E-state index contributed by atoms with van der Waals surface area (Å²) in [5.74, 6) is 6.61. The molecule has 0 spiro atoms. The third kappa shape index (κ3) is 6.84. The summed E-state index contributed by atoms with van der Waals surface area (Å²) in [5.41, 5.74) is 2.03. The summed E-state index contributed by atoms with van der Waals surface area (Å²) < 4.78 is 0. The Balaban J connectivity index is 0.000000366. The van der Waals surface area contributed by atoms with Gasteiger partial charge in [0.1, 0.15) is 0 Å². The molecule has 0 heterocycles. The van der Waals surface area contributed by atoms with E-state index in [9.17, 15) is 0 Å². The van der Waals surface area contributed by atoms with Crippen molar-refractivity contribution in [1.82, 2.24) is 5.32 Å². The fourth-order valence-electron chi connectivity index (χ4n) is 7.82. The Morgan fingerprint density at radius 1 is 0.935 bits per heavy atom. The number of allylic oxidation sites excluding steroid dienone is 1. The molecule has 3 aliphatic carbocycles. The van der Waals surface area contributed by atoms with E-state index in [0.717, 1.165) is 41.4 Å². The minimum Gasteiger partial charge on any atom is -0.317 e. The zero-order valence-electron chi connectivity index (χ0n) is 22.4. The quantitative estimate of drug-likeness (QED) is 0.313. The Hall–Kier alpha value is -0.300. The first-order chi connectivity index (χ1) is 14.8. The molecule has 3 rings (SSSR count). The van der Waals surface area contributed by atoms with E-state index < -0.39 is 0 Å². The summed E-state index contributed by atoms with van der Waals surface area (Å²) in [6.07, 6.45) is 15.7. The maximum Gasteiger partial charge on any atom is -0.00490 e. The van der Waals surface area contributed by atoms with Crippen LogP contribution in [-0.2, 0) is 0 Å². The minimum absolute atomic E-state index is 0.566. The Morgan fingerprint density at radius 2 is 1.65 bits per heavy atom. The average molecular weight is 432 g/mol. The van der Waals surface area contributed by atoms with Gasteiger partial charge in [0.2, 0.25) is 0 Å². The van der Waals surface area contributed by atoms with Crippen LogP contribution in [0.1, 0.15) is 119 Å². The molecule has 1 heteroatoms. The van der Waals surface area contributed by atoms with Crippen molar-refractivity contribution in [1.29, 1.82) is 0 Å². The van der Waals surface area contributed by atoms with Crippen LogP contribution in [0.5, 0.6) is 0 Å². The van der Waals surface area contributed by atoms with Crippen LogP contribution < -0.4 is 5.32 Å². The lowest BCUT2D eigenvalue weighted by molar-refractivity contribution is -0.0280. The van der Waals surface area contributed by atoms with Crippen molar-refractivity contribution in [2.75, 3.05) is 13.1 Å². The van der Waals surface area contributed by atoms with Crippen molar-refractivity contribution in [2.45, 2.75) is 119 Å². The van der Waals surface area contributed by atoms with Gasteiger partial charge in [0.25, 0.3) is 0 Å². The van der Waals surface area contributed by atoms with Gasteiger partial charge in [-0.25, -0.2) is 0 Å². The molecule has 3 saturated carbocycles. The molecular weight excluding hydrogens is 374 g/mol. The molecule has 1 N–H and O–H groups in total. The number of rotatable bonds is 7. The Labute approximate surface area is 196 Å². The van der Waals surface area contributed by atoms with Gasteiger partial charge in [0, 0.05) is 0 Å². The second kappa shape index (κ2) is 12.8. The van der Waals surface area contributed by atoms with Gasteiger partial charge in [-0.1, -0.05) is 73.0 Å². The van der Waals surface area contributed by atoms with Crippen molar-refractivity contribution in [3.05, 3.63) is 12.2 Å². The van der Waals surface area contributed by atoms with Crippen molar-refractivity contribution in [2.24, 2.45) is 46.8 Å². The van der Waals surface area contributed by atoms with E-state index in [1.165, 1.54) is 89.3 Å². The van der Waals surface area contributed by atoms with Crippen molar-refractivity contribution < 1.29 is 0 Å². The highest BCUT2D eigenvalue weighted by atomic mass is 14.8. The molecule has 1 nitrogen and oxygen atoms in total. The summed E-state index contributed by atoms with van der Waals surface area (Å²) in [5, 5.41) is 3.34. The first-order valence-corrected chi connectivity index (χ1v) is 14.1. The molecule has 0 aromatic heterocycles. The second-order valence-electron chi connectivity index (χ2n) is 12.2. The van der Waals surface area contributed by atoms with Crippen LogP contribution in [0.25, 0.3) is 0 Å². The van der Waals surface area contributed by atoms with E-state index in [1.807, 2.05) is 0 Å². The van der Waals surface area contributed by atoms with Crippen LogP contribution >= 0.6 is 0 Å². The molecule has 3 aliphatic rings. The van der Waals surface area contributed by atoms with Crippen molar-refractivity contribution >= 4 is 0 Å². The maximum atomic E-state index is 4.37. The van der Waals surface area contributed by atoms with Gasteiger partial charge < -0.3 is 5.32 Å². The Morgan fingerprint density at radius 3 is 2.26 bits per heavy atom. The predicted molar refractivity (Wildman–Crippen MR) is 139 cm³/mol. The van der Waals surface area contributed by atoms with Crippen LogP contribution in [0.3, 0.4) is 0 Å². The Kier molecular flexibility index (Phi) is 11.1. The number of hydrogen-bond acceptors (Lipinski definition) is 1. The number of nitrogens with one attached hydrogen (secondary N) is 1. The Bertz CT molecular complexity index is 517. The highest BCUT2D eigenvalue weighted by molar-refractivity contribution is 5.13. The SMILES string of the molecule is C=C(C)C1CCC2C3CCC(C)CCC(C(C)C)C3CCC12C.CCCCNCCC. The van der Waals surface area contributed by atoms with Crippen LogP contribution in [0.4, 0.5) is 0 Å². The molecule has 0 aromatic carbocycles. The first kappa shape index (κ1) is 26.9. The van der Waals surface area contributed by atoms with Gasteiger partial charge >= 0.3 is 0 Å². The zero-order valence-corrected chi connectivity index (χ0v) is 22.4. The topological polar surface area (TPSA) is 12.0 Å². The molecule has 0 radical (unpaired) electrons. The van der Waals surface area contributed by atoms with E-state index in [1.54, 1.807) is 0 Å². The van der Waals surface area contributed by atoms with E-state index >= 15 is 0 Å². The monoisotopic (exact) mass is 431 g/mol. The van der Waals surface area contributed by atoms with Gasteiger partial charge in [-0.15, -0.1) is 0 Å². The molecule has 0 bridgehead atoms. The minimum atomic E-state index is 0.566. The largest absolute Gasteiger partial charge is 0.317 e. The van der Waals surface area contributed by atoms with Gasteiger partial charge in [-0.3, -0.25) is 0 Å². The van der Waals surface area contributed by atoms with E-state index in [2.05, 4.69) is 60.4 Å². The number of fused-ring (bicyclic) bond motifs is 3. The highest BCUT2D eigenvalue weighted by Gasteiger charge is 2.54. The molecule has 0 aromatic rings. The smallest absolute Gasteiger partial charge is 0.00490 e. The van der Waals surface area contributed by atoms with Gasteiger partial charge in [0.15, 0.2) is 0 Å². The lowest BCUT2D eigenvalue weighted by Crippen LogP contribution is -2.45. The molecule has 7 unspecified atom stereocenters. The predicted octanol–water partition coefficient (Wildman–Crippen LogP) is 8.89. The normalized spacial score (nSPS) is 37.8. The number of hydrogen-bond donors (Lipinski definition) is 1. The second-order valence-corrected chi connectivity index (χ2v) is 12.2. The molecule has 182 valence electrons. The molecule has 0 amide bonds. The molecular formula is C30H57N. The van der Waals surface area contributed by atoms with E-state index in [0.29, 0.717) is 5.41 Å². The fourth-order valence-corrected chi connectivity index (χ4v) is 7.82. The van der Waals surface area contributed by atoms with Crippen LogP contribution in [-0.4, -0.2) is 13.1 Å². The summed E-state index contributed by atoms with van der Waals surface area (Å²) in [4.78, 5) is 0. The van der Waals surface area contributed by atoms with Crippen molar-refractivity contribution in [3.8, 4) is 0 Å².